The van der Waals surface area contributed by atoms with E-state index in [9.17, 15) is 18.3 Å². The Balaban J connectivity index is 0.00000480. The van der Waals surface area contributed by atoms with Crippen molar-refractivity contribution >= 4 is 29.9 Å². The van der Waals surface area contributed by atoms with Crippen LogP contribution in [0, 0.1) is 11.8 Å². The number of halogens is 4. The summed E-state index contributed by atoms with van der Waals surface area (Å²) in [6, 6.07) is 0.141. The Morgan fingerprint density at radius 3 is 2.45 bits per heavy atom. The van der Waals surface area contributed by atoms with E-state index in [1.54, 1.807) is 0 Å². The van der Waals surface area contributed by atoms with E-state index in [1.165, 1.54) is 56.1 Å². The quantitative estimate of drug-likeness (QED) is 0.252. The zero-order chi connectivity index (χ0) is 22.4. The van der Waals surface area contributed by atoms with Crippen LogP contribution in [0.25, 0.3) is 0 Å². The highest BCUT2D eigenvalue weighted by atomic mass is 127. The van der Waals surface area contributed by atoms with Gasteiger partial charge in [0, 0.05) is 45.0 Å². The summed E-state index contributed by atoms with van der Waals surface area (Å²) in [5.74, 6) is 1.14. The van der Waals surface area contributed by atoms with Crippen LogP contribution in [0.15, 0.2) is 17.4 Å². The monoisotopic (exact) mass is 559 g/mol. The number of guanidine groups is 1. The number of aliphatic imine (C=N–C) groups is 1. The van der Waals surface area contributed by atoms with E-state index in [0.29, 0.717) is 24.3 Å². The van der Waals surface area contributed by atoms with Gasteiger partial charge in [0.1, 0.15) is 5.82 Å². The van der Waals surface area contributed by atoms with Crippen molar-refractivity contribution in [1.29, 1.82) is 0 Å². The predicted octanol–water partition coefficient (Wildman–Crippen LogP) is 4.34. The average Bonchev–Trinajstić information content (AvgIpc) is 3.13. The second-order valence-corrected chi connectivity index (χ2v) is 8.42. The van der Waals surface area contributed by atoms with Gasteiger partial charge in [0.15, 0.2) is 5.96 Å². The third kappa shape index (κ3) is 7.23. The van der Waals surface area contributed by atoms with E-state index < -0.39 is 24.0 Å². The minimum absolute atomic E-state index is 0. The molecule has 1 aliphatic rings. The maximum absolute atomic E-state index is 13.7. The molecule has 6 nitrogen and oxygen atoms in total. The molecular formula is C21H37F3IN5O. The van der Waals surface area contributed by atoms with E-state index in [-0.39, 0.29) is 36.6 Å². The number of nitrogens with one attached hydrogen (secondary N) is 2. The van der Waals surface area contributed by atoms with E-state index in [1.807, 2.05) is 6.92 Å². The molecule has 1 aliphatic carbocycles. The SMILES string of the molecule is CCNC(=NCCC(O)(c1nccn1C)C(F)(F)F)NC(C)C(C)C1CCCCC1.I. The van der Waals surface area contributed by atoms with Gasteiger partial charge in [0.05, 0.1) is 0 Å². The van der Waals surface area contributed by atoms with Crippen LogP contribution in [0.4, 0.5) is 13.2 Å². The smallest absolute Gasteiger partial charge is 0.374 e. The number of aryl methyl sites for hydroxylation is 1. The summed E-state index contributed by atoms with van der Waals surface area (Å²) in [7, 11) is 1.43. The molecule has 10 heteroatoms. The Morgan fingerprint density at radius 2 is 1.94 bits per heavy atom. The van der Waals surface area contributed by atoms with Gasteiger partial charge in [0.25, 0.3) is 0 Å². The summed E-state index contributed by atoms with van der Waals surface area (Å²) in [6.07, 6.45) is 3.45. The lowest BCUT2D eigenvalue weighted by Gasteiger charge is -2.33. The van der Waals surface area contributed by atoms with Gasteiger partial charge in [-0.1, -0.05) is 39.0 Å². The molecule has 0 aromatic carbocycles. The Kier molecular flexibility index (Phi) is 11.1. The summed E-state index contributed by atoms with van der Waals surface area (Å²) in [5, 5.41) is 16.9. The number of hydrogen-bond acceptors (Lipinski definition) is 3. The summed E-state index contributed by atoms with van der Waals surface area (Å²) in [4.78, 5) is 8.04. The third-order valence-electron chi connectivity index (χ3n) is 6.29. The fourth-order valence-electron chi connectivity index (χ4n) is 4.21. The van der Waals surface area contributed by atoms with Gasteiger partial charge >= 0.3 is 6.18 Å². The number of alkyl halides is 3. The predicted molar refractivity (Wildman–Crippen MR) is 128 cm³/mol. The van der Waals surface area contributed by atoms with Gasteiger partial charge in [0.2, 0.25) is 5.60 Å². The summed E-state index contributed by atoms with van der Waals surface area (Å²) >= 11 is 0. The third-order valence-corrected chi connectivity index (χ3v) is 6.29. The standard InChI is InChI=1S/C21H36F3N5O.HI/c1-5-25-19(28-16(3)15(2)17-9-7-6-8-10-17)27-12-11-20(30,21(22,23)24)18-26-13-14-29(18)4;/h13-17,30H,5-12H2,1-4H3,(H2,25,27,28);1H. The van der Waals surface area contributed by atoms with Gasteiger partial charge < -0.3 is 20.3 Å². The number of hydrogen-bond donors (Lipinski definition) is 3. The second-order valence-electron chi connectivity index (χ2n) is 8.42. The Morgan fingerprint density at radius 1 is 1.29 bits per heavy atom. The van der Waals surface area contributed by atoms with Gasteiger partial charge in [-0.15, -0.1) is 24.0 Å². The molecule has 1 heterocycles. The lowest BCUT2D eigenvalue weighted by atomic mass is 9.78. The normalized spacial score (nSPS) is 19.8. The second kappa shape index (κ2) is 12.3. The van der Waals surface area contributed by atoms with E-state index in [2.05, 4.69) is 34.5 Å². The number of aromatic nitrogens is 2. The molecule has 1 fully saturated rings. The van der Waals surface area contributed by atoms with Crippen LogP contribution in [0.1, 0.15) is 65.1 Å². The van der Waals surface area contributed by atoms with Gasteiger partial charge in [-0.3, -0.25) is 4.99 Å². The molecule has 0 bridgehead atoms. The molecule has 0 amide bonds. The molecule has 0 radical (unpaired) electrons. The molecule has 180 valence electrons. The highest BCUT2D eigenvalue weighted by molar-refractivity contribution is 14.0. The minimum Gasteiger partial charge on any atom is -0.374 e. The number of nitrogens with zero attached hydrogens (tertiary/aromatic N) is 3. The Bertz CT molecular complexity index is 691. The van der Waals surface area contributed by atoms with Crippen molar-refractivity contribution in [3.63, 3.8) is 0 Å². The Labute approximate surface area is 200 Å². The van der Waals surface area contributed by atoms with Crippen LogP contribution in [0.3, 0.4) is 0 Å². The van der Waals surface area contributed by atoms with E-state index in [0.717, 1.165) is 0 Å². The first-order valence-electron chi connectivity index (χ1n) is 10.9. The zero-order valence-electron chi connectivity index (χ0n) is 18.9. The van der Waals surface area contributed by atoms with Crippen LogP contribution in [-0.4, -0.2) is 45.9 Å². The van der Waals surface area contributed by atoms with Crippen molar-refractivity contribution in [3.8, 4) is 0 Å². The highest BCUT2D eigenvalue weighted by Gasteiger charge is 2.57. The molecule has 1 aromatic rings. The summed E-state index contributed by atoms with van der Waals surface area (Å²) in [6.45, 7) is 6.63. The first-order chi connectivity index (χ1) is 14.1. The van der Waals surface area contributed by atoms with Crippen molar-refractivity contribution in [3.05, 3.63) is 18.2 Å². The fourth-order valence-corrected chi connectivity index (χ4v) is 4.21. The molecule has 0 aliphatic heterocycles. The van der Waals surface area contributed by atoms with Gasteiger partial charge in [-0.2, -0.15) is 13.2 Å². The lowest BCUT2D eigenvalue weighted by molar-refractivity contribution is -0.272. The molecule has 2 rings (SSSR count). The van der Waals surface area contributed by atoms with Crippen molar-refractivity contribution in [2.24, 2.45) is 23.9 Å². The van der Waals surface area contributed by atoms with Gasteiger partial charge in [-0.25, -0.2) is 4.98 Å². The first-order valence-corrected chi connectivity index (χ1v) is 10.9. The van der Waals surface area contributed by atoms with Crippen molar-refractivity contribution < 1.29 is 18.3 Å². The van der Waals surface area contributed by atoms with Crippen molar-refractivity contribution in [2.45, 2.75) is 77.1 Å². The average molecular weight is 559 g/mol. The molecule has 31 heavy (non-hydrogen) atoms. The topological polar surface area (TPSA) is 74.5 Å². The molecule has 3 unspecified atom stereocenters. The number of aliphatic hydroxyl groups is 1. The molecular weight excluding hydrogens is 522 g/mol. The van der Waals surface area contributed by atoms with E-state index in [4.69, 9.17) is 0 Å². The maximum atomic E-state index is 13.7. The van der Waals surface area contributed by atoms with Crippen molar-refractivity contribution in [2.75, 3.05) is 13.1 Å². The van der Waals surface area contributed by atoms with Gasteiger partial charge in [-0.05, 0) is 25.7 Å². The van der Waals surface area contributed by atoms with Crippen LogP contribution >= 0.6 is 24.0 Å². The number of rotatable bonds is 8. The van der Waals surface area contributed by atoms with Crippen LogP contribution < -0.4 is 10.6 Å². The number of imidazole rings is 1. The summed E-state index contributed by atoms with van der Waals surface area (Å²) in [5.41, 5.74) is -3.05. The molecule has 3 N–H and O–H groups in total. The lowest BCUT2D eigenvalue weighted by Crippen LogP contribution is -2.47. The van der Waals surface area contributed by atoms with Crippen molar-refractivity contribution in [1.82, 2.24) is 20.2 Å². The summed E-state index contributed by atoms with van der Waals surface area (Å²) < 4.78 is 42.2. The molecule has 0 saturated heterocycles. The molecule has 1 aromatic heterocycles. The van der Waals surface area contributed by atoms with Crippen LogP contribution in [-0.2, 0) is 12.6 Å². The molecule has 1 saturated carbocycles. The minimum atomic E-state index is -4.85. The first kappa shape index (κ1) is 28.0. The van der Waals surface area contributed by atoms with Crippen LogP contribution in [0.2, 0.25) is 0 Å². The zero-order valence-corrected chi connectivity index (χ0v) is 21.2. The highest BCUT2D eigenvalue weighted by Crippen LogP contribution is 2.40. The molecule has 0 spiro atoms. The largest absolute Gasteiger partial charge is 0.424 e. The fraction of sp³-hybridized carbons (Fsp3) is 0.810. The van der Waals surface area contributed by atoms with E-state index >= 15 is 0 Å². The van der Waals surface area contributed by atoms with Crippen LogP contribution in [0.5, 0.6) is 0 Å². The molecule has 3 atom stereocenters. The Hall–Kier alpha value is -1.04. The maximum Gasteiger partial charge on any atom is 0.424 e.